The Balaban J connectivity index is 1.01. The van der Waals surface area contributed by atoms with Crippen molar-refractivity contribution in [2.75, 3.05) is 9.80 Å². The zero-order chi connectivity index (χ0) is 80.2. The standard InChI is InChI=1S/C90H72B2N4O2/c1-88(2,3)57-39-43-60(44-40-57)93-77-54-78-72(53-71(77)91-69-45-41-58(89(4,5)6)47-81(69)97-83-51-61(49-79(93)85(83)91)94-73-35-20-16-29-65(73)66-30-17-21-36-74(66)94)92-70-46-42-59(90(7,8)9)48-82(70)98-84-52-62(95-75-37-22-18-31-67(75)68-32-19-23-38-76(68)95)50-80(86(84)92)96(78)87-63(55-25-12-10-13-26-55)33-24-34-64(87)56-27-14-11-15-28-56/h10-54H,1-9H3/i16D,17D,18D,19D,20D,21D,22D,23D,29D,30D,31D,32D,35D,36D,37D,38D. The second-order valence-corrected chi connectivity index (χ2v) is 29.3. The summed E-state index contributed by atoms with van der Waals surface area (Å²) in [5.41, 5.74) is 14.5. The molecule has 4 aliphatic rings. The van der Waals surface area contributed by atoms with Crippen LogP contribution < -0.4 is 52.1 Å². The van der Waals surface area contributed by atoms with E-state index in [1.807, 2.05) is 66.7 Å². The molecule has 6 heterocycles. The molecule has 0 atom stereocenters. The predicted octanol–water partition coefficient (Wildman–Crippen LogP) is 19.9. The predicted molar refractivity (Wildman–Crippen MR) is 414 cm³/mol. The highest BCUT2D eigenvalue weighted by atomic mass is 16.5. The fourth-order valence-corrected chi connectivity index (χ4v) is 15.6. The van der Waals surface area contributed by atoms with Crippen molar-refractivity contribution in [2.45, 2.75) is 78.6 Å². The second kappa shape index (κ2) is 21.1. The summed E-state index contributed by atoms with van der Waals surface area (Å²) in [4.78, 5) is 4.46. The molecule has 2 aromatic heterocycles. The zero-order valence-electron chi connectivity index (χ0n) is 71.5. The van der Waals surface area contributed by atoms with Crippen LogP contribution in [0.1, 0.15) is 101 Å². The number of hydrogen-bond donors (Lipinski definition) is 0. The minimum atomic E-state index is -0.657. The first kappa shape index (κ1) is 43.8. The number of anilines is 6. The average Bonchev–Trinajstić information content (AvgIpc) is 0.965. The average molecular weight is 1280 g/mol. The number of hydrogen-bond acceptors (Lipinski definition) is 4. The number of ether oxygens (including phenoxy) is 2. The highest BCUT2D eigenvalue weighted by molar-refractivity contribution is 7.02. The van der Waals surface area contributed by atoms with Crippen LogP contribution in [0.25, 0.3) is 77.2 Å². The van der Waals surface area contributed by atoms with Gasteiger partial charge in [-0.2, -0.15) is 0 Å². The van der Waals surface area contributed by atoms with E-state index in [1.54, 1.807) is 9.13 Å². The van der Waals surface area contributed by atoms with Crippen LogP contribution in [-0.2, 0) is 16.2 Å². The van der Waals surface area contributed by atoms with Crippen LogP contribution in [0.5, 0.6) is 23.0 Å². The Bertz CT molecular complexity index is 6640. The van der Waals surface area contributed by atoms with Crippen molar-refractivity contribution in [1.82, 2.24) is 9.13 Å². The van der Waals surface area contributed by atoms with Crippen molar-refractivity contribution >= 4 is 124 Å². The Morgan fingerprint density at radius 2 is 0.704 bits per heavy atom. The fourth-order valence-electron chi connectivity index (χ4n) is 15.6. The summed E-state index contributed by atoms with van der Waals surface area (Å²) < 4.78 is 169. The molecule has 0 bridgehead atoms. The molecule has 13 aromatic carbocycles. The third-order valence-electron chi connectivity index (χ3n) is 20.4. The maximum atomic E-state index is 9.88. The lowest BCUT2D eigenvalue weighted by Crippen LogP contribution is -2.64. The zero-order valence-corrected chi connectivity index (χ0v) is 55.5. The van der Waals surface area contributed by atoms with E-state index in [9.17, 15) is 16.4 Å². The smallest absolute Gasteiger partial charge is 0.256 e. The lowest BCUT2D eigenvalue weighted by atomic mass is 9.30. The van der Waals surface area contributed by atoms with Gasteiger partial charge in [0.2, 0.25) is 0 Å². The molecule has 0 saturated heterocycles. The summed E-state index contributed by atoms with van der Waals surface area (Å²) in [5.74, 6) is 1.87. The molecule has 0 fully saturated rings. The topological polar surface area (TPSA) is 34.8 Å². The van der Waals surface area contributed by atoms with Gasteiger partial charge in [0.1, 0.15) is 23.0 Å². The van der Waals surface area contributed by atoms with Crippen molar-refractivity contribution in [3.8, 4) is 56.6 Å². The van der Waals surface area contributed by atoms with E-state index in [2.05, 4.69) is 181 Å². The van der Waals surface area contributed by atoms with Gasteiger partial charge in [-0.1, -0.05) is 256 Å². The molecule has 19 rings (SSSR count). The number of nitrogens with zero attached hydrogens (tertiary/aromatic N) is 4. The molecule has 98 heavy (non-hydrogen) atoms. The van der Waals surface area contributed by atoms with Crippen LogP contribution >= 0.6 is 0 Å². The summed E-state index contributed by atoms with van der Waals surface area (Å²) in [5, 5.41) is -0.315. The summed E-state index contributed by atoms with van der Waals surface area (Å²) in [6.45, 7) is 18.0. The van der Waals surface area contributed by atoms with Gasteiger partial charge in [0.25, 0.3) is 13.4 Å². The van der Waals surface area contributed by atoms with E-state index in [4.69, 9.17) is 15.0 Å². The van der Waals surface area contributed by atoms with E-state index < -0.39 is 110 Å². The molecule has 0 N–H and O–H groups in total. The van der Waals surface area contributed by atoms with Gasteiger partial charge in [0, 0.05) is 73.2 Å². The fraction of sp³-hybridized carbons (Fsp3) is 0.133. The molecule has 0 saturated carbocycles. The molecule has 0 unspecified atom stereocenters. The van der Waals surface area contributed by atoms with Crippen molar-refractivity contribution in [2.24, 2.45) is 0 Å². The van der Waals surface area contributed by atoms with Crippen molar-refractivity contribution in [3.63, 3.8) is 0 Å². The number of rotatable bonds is 6. The third-order valence-corrected chi connectivity index (χ3v) is 20.4. The summed E-state index contributed by atoms with van der Waals surface area (Å²) in [7, 11) is 0. The first-order valence-corrected chi connectivity index (χ1v) is 33.3. The first-order valence-electron chi connectivity index (χ1n) is 41.3. The number of benzene rings is 13. The Morgan fingerprint density at radius 1 is 0.316 bits per heavy atom. The highest BCUT2D eigenvalue weighted by Gasteiger charge is 2.49. The Hall–Kier alpha value is -11.2. The Kier molecular flexibility index (Phi) is 9.45. The normalized spacial score (nSPS) is 15.9. The van der Waals surface area contributed by atoms with E-state index in [0.29, 0.717) is 51.4 Å². The van der Waals surface area contributed by atoms with Crippen LogP contribution in [0.3, 0.4) is 0 Å². The Labute approximate surface area is 596 Å². The maximum absolute atomic E-state index is 9.88. The molecule has 8 heteroatoms. The molecule has 0 radical (unpaired) electrons. The van der Waals surface area contributed by atoms with Gasteiger partial charge in [-0.05, 0) is 143 Å². The van der Waals surface area contributed by atoms with Gasteiger partial charge < -0.3 is 28.4 Å². The van der Waals surface area contributed by atoms with E-state index in [-0.39, 0.29) is 71.2 Å². The number of fused-ring (bicyclic) bond motifs is 14. The van der Waals surface area contributed by atoms with E-state index in [1.165, 1.54) is 0 Å². The molecule has 0 spiro atoms. The minimum Gasteiger partial charge on any atom is -0.458 e. The summed E-state index contributed by atoms with van der Waals surface area (Å²) in [6, 6.07) is 51.5. The van der Waals surface area contributed by atoms with E-state index >= 15 is 0 Å². The highest BCUT2D eigenvalue weighted by Crippen LogP contribution is 2.53. The minimum absolute atomic E-state index is 0.0587. The lowest BCUT2D eigenvalue weighted by molar-refractivity contribution is 0.483. The van der Waals surface area contributed by atoms with Crippen molar-refractivity contribution in [1.29, 1.82) is 0 Å². The van der Waals surface area contributed by atoms with Crippen LogP contribution in [0.4, 0.5) is 34.1 Å². The van der Waals surface area contributed by atoms with Crippen molar-refractivity contribution < 1.29 is 31.4 Å². The monoisotopic (exact) mass is 1280 g/mol. The molecule has 470 valence electrons. The van der Waals surface area contributed by atoms with Gasteiger partial charge >= 0.3 is 0 Å². The largest absolute Gasteiger partial charge is 0.458 e. The van der Waals surface area contributed by atoms with Gasteiger partial charge in [0.05, 0.1) is 61.1 Å². The summed E-state index contributed by atoms with van der Waals surface area (Å²) >= 11 is 0. The van der Waals surface area contributed by atoms with Crippen LogP contribution in [0, 0.1) is 0 Å². The molecule has 6 nitrogen and oxygen atoms in total. The lowest BCUT2D eigenvalue weighted by Gasteiger charge is -2.45. The molecule has 0 amide bonds. The Morgan fingerprint density at radius 3 is 1.12 bits per heavy atom. The van der Waals surface area contributed by atoms with Crippen LogP contribution in [-0.4, -0.2) is 22.6 Å². The molecule has 4 aliphatic heterocycles. The van der Waals surface area contributed by atoms with Gasteiger partial charge in [-0.3, -0.25) is 0 Å². The molecular formula is C90H72B2N4O2. The van der Waals surface area contributed by atoms with E-state index in [0.717, 1.165) is 77.4 Å². The quantitative estimate of drug-likeness (QED) is 0.155. The second-order valence-electron chi connectivity index (χ2n) is 29.3. The maximum Gasteiger partial charge on any atom is 0.256 e. The van der Waals surface area contributed by atoms with Gasteiger partial charge in [-0.15, -0.1) is 0 Å². The number of para-hydroxylation sites is 5. The third kappa shape index (κ3) is 8.75. The molecular weight excluding hydrogens is 1190 g/mol. The van der Waals surface area contributed by atoms with Gasteiger partial charge in [-0.25, -0.2) is 0 Å². The number of aromatic nitrogens is 2. The first-order chi connectivity index (χ1) is 54.2. The van der Waals surface area contributed by atoms with Gasteiger partial charge in [0.15, 0.2) is 0 Å². The van der Waals surface area contributed by atoms with Crippen LogP contribution in [0.2, 0.25) is 0 Å². The van der Waals surface area contributed by atoms with Crippen LogP contribution in [0.15, 0.2) is 273 Å². The SMILES string of the molecule is [2H]c1c([2H])c([2H])c2c(c1[2H])c1c([2H])c([2H])c([2H])c([2H])c1n2-c1cc2c3c(c1)N(c1ccc(C(C)(C)C)cc1)c1cc4c(cc1B3c1ccc(C(C)(C)C)cc1O2)B1c2ccc(C(C)(C)C)cc2Oc2cc(-n3c5c([2H])c([2H])c([2H])c([2H])c5c5c([2H])c([2H])c([2H])c([2H])c53)cc(c21)N4c1c(-c2ccccc2)cccc1-c1ccccc1. The summed E-state index contributed by atoms with van der Waals surface area (Å²) in [6.07, 6.45) is 0. The molecule has 15 aromatic rings. The van der Waals surface area contributed by atoms with Crippen molar-refractivity contribution in [3.05, 3.63) is 289 Å². The molecule has 0 aliphatic carbocycles.